The number of hydrogen-bond acceptors (Lipinski definition) is 6. The molecule has 7 nitrogen and oxygen atoms in total. The van der Waals surface area contributed by atoms with Crippen molar-refractivity contribution in [2.45, 2.75) is 69.1 Å². The first kappa shape index (κ1) is 20.0. The number of hydrogen-bond donors (Lipinski definition) is 3. The fourth-order valence-corrected chi connectivity index (χ4v) is 3.75. The molecule has 1 rings (SSSR count). The van der Waals surface area contributed by atoms with E-state index >= 15 is 0 Å². The summed E-state index contributed by atoms with van der Waals surface area (Å²) < 4.78 is 41.9. The van der Waals surface area contributed by atoms with E-state index in [2.05, 4.69) is 0 Å². The molecule has 0 radical (unpaired) electrons. The maximum Gasteiger partial charge on any atom is 0.359 e. The Kier molecular flexibility index (Phi) is 7.01. The lowest BCUT2D eigenvalue weighted by Crippen LogP contribution is -2.39. The Bertz CT molecular complexity index is 415. The molecule has 0 spiro atoms. The van der Waals surface area contributed by atoms with Crippen molar-refractivity contribution in [2.75, 3.05) is 7.11 Å². The number of rotatable bonds is 8. The van der Waals surface area contributed by atoms with Gasteiger partial charge in [-0.3, -0.25) is 9.09 Å². The minimum atomic E-state index is -4.52. The van der Waals surface area contributed by atoms with Crippen LogP contribution in [-0.4, -0.2) is 66.1 Å². The van der Waals surface area contributed by atoms with E-state index in [1.54, 1.807) is 7.85 Å². The van der Waals surface area contributed by atoms with Crippen LogP contribution in [0.2, 0.25) is 0 Å². The van der Waals surface area contributed by atoms with E-state index in [0.717, 1.165) is 0 Å². The van der Waals surface area contributed by atoms with E-state index in [4.69, 9.17) is 14.0 Å². The topological polar surface area (TPSA) is 105 Å². The van der Waals surface area contributed by atoms with E-state index in [0.29, 0.717) is 0 Å². The summed E-state index contributed by atoms with van der Waals surface area (Å²) in [6.45, 7) is 2.92. The van der Waals surface area contributed by atoms with E-state index in [9.17, 15) is 24.1 Å². The van der Waals surface area contributed by atoms with Crippen molar-refractivity contribution in [3.63, 3.8) is 0 Å². The molecule has 7 atom stereocenters. The summed E-state index contributed by atoms with van der Waals surface area (Å²) in [5.41, 5.74) is 0. The van der Waals surface area contributed by atoms with Crippen LogP contribution >= 0.6 is 7.60 Å². The Morgan fingerprint density at radius 1 is 1.50 bits per heavy atom. The summed E-state index contributed by atoms with van der Waals surface area (Å²) in [6.07, 6.45) is -3.31. The fourth-order valence-electron chi connectivity index (χ4n) is 2.50. The maximum atomic E-state index is 14.8. The summed E-state index contributed by atoms with van der Waals surface area (Å²) in [5, 5.41) is 19.6. The Morgan fingerprint density at radius 2 is 2.09 bits per heavy atom. The van der Waals surface area contributed by atoms with Gasteiger partial charge in [-0.25, -0.2) is 4.39 Å². The molecule has 0 aliphatic carbocycles. The summed E-state index contributed by atoms with van der Waals surface area (Å²) >= 11 is 0. The van der Waals surface area contributed by atoms with Crippen LogP contribution in [0.1, 0.15) is 33.1 Å². The third-order valence-electron chi connectivity index (χ3n) is 3.91. The third kappa shape index (κ3) is 4.51. The van der Waals surface area contributed by atoms with Gasteiger partial charge in [0.2, 0.25) is 5.85 Å². The van der Waals surface area contributed by atoms with Gasteiger partial charge in [0.05, 0.1) is 12.1 Å². The molecular weight excluding hydrogens is 317 g/mol. The van der Waals surface area contributed by atoms with Gasteiger partial charge in [-0.15, -0.1) is 0 Å². The first-order chi connectivity index (χ1) is 10.1. The zero-order valence-corrected chi connectivity index (χ0v) is 14.2. The Morgan fingerprint density at radius 3 is 2.50 bits per heavy atom. The average molecular weight is 342 g/mol. The molecule has 0 bridgehead atoms. The molecular formula is C12H25BFO7P. The smallest absolute Gasteiger partial charge is 0.359 e. The predicted molar refractivity (Wildman–Crippen MR) is 80.0 cm³/mol. The first-order valence-corrected chi connectivity index (χ1v) is 9.01. The van der Waals surface area contributed by atoms with Crippen LogP contribution in [0.15, 0.2) is 0 Å². The van der Waals surface area contributed by atoms with Crippen LogP contribution in [-0.2, 0) is 18.6 Å². The number of ether oxygens (including phenoxy) is 2. The summed E-state index contributed by atoms with van der Waals surface area (Å²) in [6, 6.07) is -0.437. The molecule has 1 aliphatic heterocycles. The molecule has 130 valence electrons. The molecule has 3 N–H and O–H groups in total. The fraction of sp³-hybridized carbons (Fsp3) is 1.00. The quantitative estimate of drug-likeness (QED) is 0.425. The van der Waals surface area contributed by atoms with Crippen LogP contribution in [0.3, 0.4) is 0 Å². The van der Waals surface area contributed by atoms with Gasteiger partial charge in [-0.05, 0) is 6.42 Å². The van der Waals surface area contributed by atoms with Crippen LogP contribution < -0.4 is 0 Å². The third-order valence-corrected chi connectivity index (χ3v) is 5.62. The lowest BCUT2D eigenvalue weighted by Gasteiger charge is -2.31. The number of alkyl halides is 1. The second kappa shape index (κ2) is 7.70. The van der Waals surface area contributed by atoms with Crippen molar-refractivity contribution in [3.05, 3.63) is 0 Å². The van der Waals surface area contributed by atoms with E-state index < -0.39 is 50.0 Å². The van der Waals surface area contributed by atoms with E-state index in [-0.39, 0.29) is 12.8 Å². The maximum absolute atomic E-state index is 14.8. The van der Waals surface area contributed by atoms with E-state index in [1.807, 2.05) is 0 Å². The number of aliphatic hydroxyl groups is 2. The second-order valence-electron chi connectivity index (χ2n) is 5.56. The standard InChI is InChI=1S/C12H25BFO7P/c1-4-8(15)22(17,18)21-12(14,5-2)6-7-9(16)10(19-3)11(13)20-7/h7-11,15-16H,4-6,13H2,1-3H3,(H,17,18)/t7-,8?,9-,10-,11-,12-/m1/s1. The zero-order chi connectivity index (χ0) is 17.1. The van der Waals surface area contributed by atoms with Gasteiger partial charge in [-0.2, -0.15) is 0 Å². The molecule has 10 heteroatoms. The van der Waals surface area contributed by atoms with E-state index in [1.165, 1.54) is 21.0 Å². The highest BCUT2D eigenvalue weighted by atomic mass is 31.2. The molecule has 1 heterocycles. The minimum Gasteiger partial charge on any atom is -0.388 e. The van der Waals surface area contributed by atoms with Crippen LogP contribution in [0.4, 0.5) is 4.39 Å². The summed E-state index contributed by atoms with van der Waals surface area (Å²) in [7, 11) is -1.43. The van der Waals surface area contributed by atoms with Crippen molar-refractivity contribution in [3.8, 4) is 0 Å². The number of methoxy groups -OCH3 is 1. The Labute approximate surface area is 130 Å². The molecule has 0 aromatic heterocycles. The van der Waals surface area contributed by atoms with Crippen molar-refractivity contribution in [1.29, 1.82) is 0 Å². The van der Waals surface area contributed by atoms with Crippen molar-refractivity contribution in [2.24, 2.45) is 0 Å². The molecule has 0 amide bonds. The highest BCUT2D eigenvalue weighted by Gasteiger charge is 2.48. The zero-order valence-electron chi connectivity index (χ0n) is 13.3. The lowest BCUT2D eigenvalue weighted by molar-refractivity contribution is -0.121. The predicted octanol–water partition coefficient (Wildman–Crippen LogP) is 0.117. The van der Waals surface area contributed by atoms with Crippen molar-refractivity contribution in [1.82, 2.24) is 0 Å². The molecule has 0 saturated carbocycles. The molecule has 0 aromatic carbocycles. The Hall–Kier alpha value is -0.0151. The molecule has 0 aromatic rings. The second-order valence-corrected chi connectivity index (χ2v) is 7.46. The molecule has 1 fully saturated rings. The average Bonchev–Trinajstić information content (AvgIpc) is 2.71. The van der Waals surface area contributed by atoms with Gasteiger partial charge >= 0.3 is 7.60 Å². The highest BCUT2D eigenvalue weighted by molar-refractivity contribution is 7.53. The normalized spacial score (nSPS) is 35.8. The van der Waals surface area contributed by atoms with Gasteiger partial charge in [0.15, 0.2) is 5.85 Å². The minimum absolute atomic E-state index is 0.0427. The largest absolute Gasteiger partial charge is 0.388 e. The lowest BCUT2D eigenvalue weighted by atomic mass is 9.92. The monoisotopic (exact) mass is 342 g/mol. The van der Waals surface area contributed by atoms with Gasteiger partial charge in [0.1, 0.15) is 20.1 Å². The number of halogens is 1. The highest BCUT2D eigenvalue weighted by Crippen LogP contribution is 2.53. The first-order valence-electron chi connectivity index (χ1n) is 7.36. The molecule has 22 heavy (non-hydrogen) atoms. The summed E-state index contributed by atoms with van der Waals surface area (Å²) in [4.78, 5) is 9.66. The van der Waals surface area contributed by atoms with Crippen molar-refractivity contribution < 1.29 is 38.1 Å². The van der Waals surface area contributed by atoms with Gasteiger partial charge < -0.3 is 24.6 Å². The van der Waals surface area contributed by atoms with Gasteiger partial charge in [-0.1, -0.05) is 13.8 Å². The van der Waals surface area contributed by atoms with Crippen LogP contribution in [0.25, 0.3) is 0 Å². The number of aliphatic hydroxyl groups excluding tert-OH is 2. The van der Waals surface area contributed by atoms with Gasteiger partial charge in [0.25, 0.3) is 0 Å². The molecule has 1 aliphatic rings. The molecule has 1 saturated heterocycles. The summed E-state index contributed by atoms with van der Waals surface area (Å²) in [5.74, 6) is -4.15. The molecule has 2 unspecified atom stereocenters. The Balaban J connectivity index is 2.81. The van der Waals surface area contributed by atoms with Crippen LogP contribution in [0.5, 0.6) is 0 Å². The van der Waals surface area contributed by atoms with Gasteiger partial charge in [0, 0.05) is 20.0 Å². The SMILES string of the molecule is B[C@@H]1O[C@H](C[C@@](F)(CC)OP(=O)(O)C(O)CC)[C@@H](O)[C@H]1OC. The van der Waals surface area contributed by atoms with Crippen LogP contribution in [0, 0.1) is 0 Å². The van der Waals surface area contributed by atoms with Crippen molar-refractivity contribution >= 4 is 15.4 Å².